The van der Waals surface area contributed by atoms with Crippen molar-refractivity contribution in [1.29, 1.82) is 0 Å². The van der Waals surface area contributed by atoms with Gasteiger partial charge in [-0.25, -0.2) is 0 Å². The Morgan fingerprint density at radius 2 is 0.350 bits per heavy atom. The van der Waals surface area contributed by atoms with Crippen LogP contribution >= 0.6 is 23.8 Å². The summed E-state index contributed by atoms with van der Waals surface area (Å²) in [6.07, 6.45) is 5.37. The molecule has 250 valence electrons. The average Bonchev–Trinajstić information content (AvgIpc) is 2.96. The summed E-state index contributed by atoms with van der Waals surface area (Å²) >= 11 is 0. The first kappa shape index (κ1) is 48.5. The first-order chi connectivity index (χ1) is 18.2. The van der Waals surface area contributed by atoms with Gasteiger partial charge in [-0.3, -0.25) is 0 Å². The van der Waals surface area contributed by atoms with Crippen molar-refractivity contribution in [3.63, 3.8) is 0 Å². The Balaban J connectivity index is -0.000000240. The average molecular weight is 731 g/mol. The Labute approximate surface area is 262 Å². The maximum atomic E-state index is 9.63. The summed E-state index contributed by atoms with van der Waals surface area (Å²) in [5, 5.41) is 86.7. The largest absolute Gasteiger partial charge is 0.388 e. The molecule has 0 fully saturated rings. The van der Waals surface area contributed by atoms with E-state index in [1.807, 2.05) is 62.3 Å². The molecule has 9 unspecified atom stereocenters. The fourth-order valence-corrected chi connectivity index (χ4v) is 11.1. The molecular weight excluding hydrogens is 668 g/mol. The van der Waals surface area contributed by atoms with E-state index in [2.05, 4.69) is 0 Å². The SMILES string of the molecule is CCC(O)P(C(O)CC)C(O)CC.CCC(O)P(C(O)CC)C(O)CC.CCC(O)P(C(O)CC)C(O)CC.[Pd]. The molecule has 0 radical (unpaired) electrons. The third-order valence-corrected chi connectivity index (χ3v) is 15.9. The van der Waals surface area contributed by atoms with Gasteiger partial charge in [0.15, 0.2) is 0 Å². The maximum Gasteiger partial charge on any atom is 0.0778 e. The molecule has 0 aliphatic heterocycles. The van der Waals surface area contributed by atoms with Gasteiger partial charge in [0.2, 0.25) is 0 Å². The number of aliphatic hydroxyl groups is 9. The number of hydrogen-bond acceptors (Lipinski definition) is 9. The zero-order chi connectivity index (χ0) is 31.3. The van der Waals surface area contributed by atoms with E-state index in [1.165, 1.54) is 0 Å². The van der Waals surface area contributed by atoms with Gasteiger partial charge in [-0.2, -0.15) is 0 Å². The van der Waals surface area contributed by atoms with Gasteiger partial charge in [0, 0.05) is 20.4 Å². The monoisotopic (exact) mass is 730 g/mol. The fourth-order valence-electron chi connectivity index (χ4n) is 3.69. The first-order valence-electron chi connectivity index (χ1n) is 14.7. The summed E-state index contributed by atoms with van der Waals surface area (Å²) < 4.78 is 0. The molecule has 0 aromatic carbocycles. The topological polar surface area (TPSA) is 182 Å². The quantitative estimate of drug-likeness (QED) is 0.0696. The smallest absolute Gasteiger partial charge is 0.0778 e. The van der Waals surface area contributed by atoms with E-state index in [4.69, 9.17) is 0 Å². The van der Waals surface area contributed by atoms with E-state index >= 15 is 0 Å². The Morgan fingerprint density at radius 3 is 0.400 bits per heavy atom. The molecule has 9 N–H and O–H groups in total. The van der Waals surface area contributed by atoms with Crippen LogP contribution in [0.2, 0.25) is 0 Å². The fraction of sp³-hybridized carbons (Fsp3) is 1.00. The molecular formula is C27H63O9P3Pd. The molecule has 0 heterocycles. The third kappa shape index (κ3) is 19.1. The van der Waals surface area contributed by atoms with Crippen molar-refractivity contribution in [2.24, 2.45) is 0 Å². The van der Waals surface area contributed by atoms with Crippen LogP contribution < -0.4 is 0 Å². The van der Waals surface area contributed by atoms with Crippen LogP contribution in [-0.4, -0.2) is 98.6 Å². The molecule has 0 saturated heterocycles. The standard InChI is InChI=1S/3C9H21O3P.Pd/c3*1-4-7(10)13(8(11)5-2)9(12)6-3;/h3*7-12H,4-6H2,1-3H3;. The third-order valence-electron chi connectivity index (χ3n) is 6.38. The molecule has 40 heavy (non-hydrogen) atoms. The van der Waals surface area contributed by atoms with Crippen LogP contribution in [0.5, 0.6) is 0 Å². The summed E-state index contributed by atoms with van der Waals surface area (Å²) in [6, 6.07) is 0. The van der Waals surface area contributed by atoms with Crippen LogP contribution in [-0.2, 0) is 20.4 Å². The molecule has 9 atom stereocenters. The minimum Gasteiger partial charge on any atom is -0.388 e. The van der Waals surface area contributed by atoms with Gasteiger partial charge in [0.1, 0.15) is 0 Å². The summed E-state index contributed by atoms with van der Waals surface area (Å²) in [4.78, 5) is 0. The van der Waals surface area contributed by atoms with Gasteiger partial charge in [0.05, 0.1) is 52.6 Å². The van der Waals surface area contributed by atoms with Crippen LogP contribution in [0.3, 0.4) is 0 Å². The van der Waals surface area contributed by atoms with Crippen molar-refractivity contribution in [1.82, 2.24) is 0 Å². The molecule has 13 heteroatoms. The summed E-state index contributed by atoms with van der Waals surface area (Å²) in [5.41, 5.74) is 0. The predicted octanol–water partition coefficient (Wildman–Crippen LogP) is 4.96. The summed E-state index contributed by atoms with van der Waals surface area (Å²) in [7, 11) is -3.23. The predicted molar refractivity (Wildman–Crippen MR) is 167 cm³/mol. The van der Waals surface area contributed by atoms with Gasteiger partial charge in [0.25, 0.3) is 0 Å². The van der Waals surface area contributed by atoms with Crippen LogP contribution in [0.25, 0.3) is 0 Å². The van der Waals surface area contributed by atoms with E-state index in [9.17, 15) is 46.0 Å². The Morgan fingerprint density at radius 1 is 0.275 bits per heavy atom. The van der Waals surface area contributed by atoms with Crippen LogP contribution in [0.15, 0.2) is 0 Å². The van der Waals surface area contributed by atoms with Crippen LogP contribution in [0, 0.1) is 0 Å². The minimum atomic E-state index is -1.08. The van der Waals surface area contributed by atoms with E-state index in [0.29, 0.717) is 57.8 Å². The van der Waals surface area contributed by atoms with Crippen molar-refractivity contribution in [3.05, 3.63) is 0 Å². The number of hydrogen-bond donors (Lipinski definition) is 9. The van der Waals surface area contributed by atoms with Crippen molar-refractivity contribution in [2.75, 3.05) is 0 Å². The zero-order valence-electron chi connectivity index (χ0n) is 26.2. The Kier molecular flexibility index (Phi) is 35.5. The molecule has 0 aromatic rings. The van der Waals surface area contributed by atoms with Gasteiger partial charge >= 0.3 is 0 Å². The van der Waals surface area contributed by atoms with E-state index in [0.717, 1.165) is 0 Å². The zero-order valence-corrected chi connectivity index (χ0v) is 30.5. The second-order valence-corrected chi connectivity index (χ2v) is 17.4. The van der Waals surface area contributed by atoms with Gasteiger partial charge in [-0.05, 0) is 81.6 Å². The molecule has 0 aromatic heterocycles. The molecule has 0 aliphatic carbocycles. The second kappa shape index (κ2) is 29.3. The Bertz CT molecular complexity index is 403. The molecule has 0 rings (SSSR count). The normalized spacial score (nSPS) is 20.2. The van der Waals surface area contributed by atoms with Gasteiger partial charge < -0.3 is 46.0 Å². The minimum absolute atomic E-state index is 0. The van der Waals surface area contributed by atoms with Gasteiger partial charge in [-0.1, -0.05) is 62.3 Å². The van der Waals surface area contributed by atoms with E-state index < -0.39 is 76.4 Å². The molecule has 0 bridgehead atoms. The van der Waals surface area contributed by atoms with Crippen molar-refractivity contribution < 1.29 is 66.4 Å². The van der Waals surface area contributed by atoms with Crippen LogP contribution in [0.1, 0.15) is 120 Å². The number of rotatable bonds is 18. The molecule has 0 aliphatic rings. The maximum absolute atomic E-state index is 9.63. The van der Waals surface area contributed by atoms with Crippen molar-refractivity contribution in [3.8, 4) is 0 Å². The first-order valence-corrected chi connectivity index (χ1v) is 19.3. The molecule has 0 spiro atoms. The molecule has 0 saturated carbocycles. The van der Waals surface area contributed by atoms with Crippen molar-refractivity contribution in [2.45, 2.75) is 173 Å². The second-order valence-electron chi connectivity index (χ2n) is 9.34. The van der Waals surface area contributed by atoms with E-state index in [1.54, 1.807) is 0 Å². The summed E-state index contributed by atoms with van der Waals surface area (Å²) in [6.45, 7) is 16.8. The molecule has 0 amide bonds. The number of aliphatic hydroxyl groups excluding tert-OH is 9. The van der Waals surface area contributed by atoms with Gasteiger partial charge in [-0.15, -0.1) is 0 Å². The summed E-state index contributed by atoms with van der Waals surface area (Å²) in [5.74, 6) is -4.88. The van der Waals surface area contributed by atoms with Crippen LogP contribution in [0.4, 0.5) is 0 Å². The Hall–Kier alpha value is 1.59. The van der Waals surface area contributed by atoms with E-state index in [-0.39, 0.29) is 20.4 Å². The van der Waals surface area contributed by atoms with Crippen molar-refractivity contribution >= 4 is 23.8 Å². The molecule has 9 nitrogen and oxygen atoms in total.